The van der Waals surface area contributed by atoms with Crippen LogP contribution in [0.25, 0.3) is 0 Å². The highest BCUT2D eigenvalue weighted by atomic mass is 16.3. The average molecular weight is 256 g/mol. The Bertz CT molecular complexity index is 592. The molecule has 0 spiro atoms. The van der Waals surface area contributed by atoms with Gasteiger partial charge in [-0.15, -0.1) is 0 Å². The Kier molecular flexibility index (Phi) is 3.71. The Morgan fingerprint density at radius 2 is 1.89 bits per heavy atom. The van der Waals surface area contributed by atoms with Crippen LogP contribution in [0.4, 0.5) is 5.69 Å². The van der Waals surface area contributed by atoms with Gasteiger partial charge in [0, 0.05) is 12.2 Å². The number of benzene rings is 2. The van der Waals surface area contributed by atoms with Crippen molar-refractivity contribution in [2.45, 2.75) is 13.5 Å². The van der Waals surface area contributed by atoms with Gasteiger partial charge in [-0.25, -0.2) is 0 Å². The zero-order valence-corrected chi connectivity index (χ0v) is 10.7. The highest BCUT2D eigenvalue weighted by molar-refractivity contribution is 5.96. The zero-order chi connectivity index (χ0) is 13.8. The summed E-state index contributed by atoms with van der Waals surface area (Å²) >= 11 is 0. The maximum atomic E-state index is 11.9. The number of hydrogen-bond donors (Lipinski definition) is 3. The molecule has 0 aliphatic carbocycles. The second-order valence-corrected chi connectivity index (χ2v) is 4.44. The van der Waals surface area contributed by atoms with Gasteiger partial charge in [0.15, 0.2) is 0 Å². The molecule has 0 heterocycles. The molecule has 2 aromatic carbocycles. The summed E-state index contributed by atoms with van der Waals surface area (Å²) in [5.74, 6) is -0.302. The molecule has 2 rings (SSSR count). The number of rotatable bonds is 3. The van der Waals surface area contributed by atoms with Crippen molar-refractivity contribution in [1.29, 1.82) is 0 Å². The van der Waals surface area contributed by atoms with E-state index in [1.807, 2.05) is 19.1 Å². The third-order valence-electron chi connectivity index (χ3n) is 2.83. The number of anilines is 1. The molecule has 0 unspecified atom stereocenters. The molecule has 4 heteroatoms. The van der Waals surface area contributed by atoms with E-state index in [0.29, 0.717) is 12.2 Å². The van der Waals surface area contributed by atoms with Crippen LogP contribution in [0.3, 0.4) is 0 Å². The fourth-order valence-corrected chi connectivity index (χ4v) is 1.75. The fourth-order valence-electron chi connectivity index (χ4n) is 1.75. The van der Waals surface area contributed by atoms with E-state index >= 15 is 0 Å². The molecule has 0 aliphatic rings. The van der Waals surface area contributed by atoms with Crippen LogP contribution in [0.15, 0.2) is 42.5 Å². The molecular formula is C15H16N2O2. The average Bonchev–Trinajstić information content (AvgIpc) is 2.37. The number of phenolic OH excluding ortho intramolecular Hbond substituents is 1. The second kappa shape index (κ2) is 5.44. The lowest BCUT2D eigenvalue weighted by molar-refractivity contribution is 0.0948. The molecular weight excluding hydrogens is 240 g/mol. The molecule has 0 saturated heterocycles. The standard InChI is InChI=1S/C15H16N2O2/c1-10-2-7-13(14(18)8-10)15(19)17-9-11-3-5-12(16)6-4-11/h2-8,18H,9,16H2,1H3,(H,17,19). The van der Waals surface area contributed by atoms with Gasteiger partial charge < -0.3 is 16.2 Å². The number of phenols is 1. The van der Waals surface area contributed by atoms with E-state index < -0.39 is 0 Å². The van der Waals surface area contributed by atoms with Gasteiger partial charge in [0.25, 0.3) is 5.91 Å². The van der Waals surface area contributed by atoms with Crippen molar-refractivity contribution in [3.8, 4) is 5.75 Å². The predicted molar refractivity (Wildman–Crippen MR) is 74.9 cm³/mol. The smallest absolute Gasteiger partial charge is 0.255 e. The minimum Gasteiger partial charge on any atom is -0.507 e. The molecule has 0 fully saturated rings. The Morgan fingerprint density at radius 3 is 2.53 bits per heavy atom. The van der Waals surface area contributed by atoms with Crippen molar-refractivity contribution in [3.05, 3.63) is 59.2 Å². The third kappa shape index (κ3) is 3.25. The zero-order valence-electron chi connectivity index (χ0n) is 10.7. The van der Waals surface area contributed by atoms with E-state index in [2.05, 4.69) is 5.32 Å². The maximum absolute atomic E-state index is 11.9. The van der Waals surface area contributed by atoms with E-state index in [0.717, 1.165) is 11.1 Å². The van der Waals surface area contributed by atoms with Gasteiger partial charge in [-0.3, -0.25) is 4.79 Å². The van der Waals surface area contributed by atoms with Crippen molar-refractivity contribution in [3.63, 3.8) is 0 Å². The summed E-state index contributed by atoms with van der Waals surface area (Å²) in [4.78, 5) is 11.9. The molecule has 0 aliphatic heterocycles. The largest absolute Gasteiger partial charge is 0.507 e. The summed E-state index contributed by atoms with van der Waals surface area (Å²) in [6.07, 6.45) is 0. The first-order chi connectivity index (χ1) is 9.06. The molecule has 0 radical (unpaired) electrons. The van der Waals surface area contributed by atoms with Crippen molar-refractivity contribution >= 4 is 11.6 Å². The molecule has 19 heavy (non-hydrogen) atoms. The van der Waals surface area contributed by atoms with Crippen molar-refractivity contribution in [2.24, 2.45) is 0 Å². The van der Waals surface area contributed by atoms with Gasteiger partial charge in [0.2, 0.25) is 0 Å². The highest BCUT2D eigenvalue weighted by Crippen LogP contribution is 2.18. The van der Waals surface area contributed by atoms with Crippen LogP contribution < -0.4 is 11.1 Å². The van der Waals surface area contributed by atoms with Crippen LogP contribution in [-0.2, 0) is 6.54 Å². The Morgan fingerprint density at radius 1 is 1.21 bits per heavy atom. The summed E-state index contributed by atoms with van der Waals surface area (Å²) in [6, 6.07) is 12.2. The van der Waals surface area contributed by atoms with Crippen molar-refractivity contribution < 1.29 is 9.90 Å². The number of nitrogens with two attached hydrogens (primary N) is 1. The van der Waals surface area contributed by atoms with Gasteiger partial charge in [-0.2, -0.15) is 0 Å². The fraction of sp³-hybridized carbons (Fsp3) is 0.133. The molecule has 0 bridgehead atoms. The van der Waals surface area contributed by atoms with Crippen LogP contribution >= 0.6 is 0 Å². The number of nitrogen functional groups attached to an aromatic ring is 1. The molecule has 0 aromatic heterocycles. The normalized spacial score (nSPS) is 10.2. The topological polar surface area (TPSA) is 75.4 Å². The predicted octanol–water partition coefficient (Wildman–Crippen LogP) is 2.21. The maximum Gasteiger partial charge on any atom is 0.255 e. The Balaban J connectivity index is 2.03. The number of aryl methyl sites for hydroxylation is 1. The van der Waals surface area contributed by atoms with Crippen molar-refractivity contribution in [2.75, 3.05) is 5.73 Å². The molecule has 0 atom stereocenters. The number of carbonyl (C=O) groups excluding carboxylic acids is 1. The molecule has 1 amide bonds. The quantitative estimate of drug-likeness (QED) is 0.737. The van der Waals surface area contributed by atoms with Crippen molar-refractivity contribution in [1.82, 2.24) is 5.32 Å². The third-order valence-corrected chi connectivity index (χ3v) is 2.83. The van der Waals surface area contributed by atoms with Gasteiger partial charge in [-0.05, 0) is 42.3 Å². The van der Waals surface area contributed by atoms with Gasteiger partial charge in [0.05, 0.1) is 5.56 Å². The number of carbonyl (C=O) groups is 1. The van der Waals surface area contributed by atoms with Crippen LogP contribution in [0.1, 0.15) is 21.5 Å². The summed E-state index contributed by atoms with van der Waals surface area (Å²) in [5.41, 5.74) is 8.42. The monoisotopic (exact) mass is 256 g/mol. The Hall–Kier alpha value is -2.49. The number of nitrogens with one attached hydrogen (secondary N) is 1. The van der Waals surface area contributed by atoms with Crippen LogP contribution in [-0.4, -0.2) is 11.0 Å². The first kappa shape index (κ1) is 13.0. The second-order valence-electron chi connectivity index (χ2n) is 4.44. The van der Waals surface area contributed by atoms with Gasteiger partial charge >= 0.3 is 0 Å². The number of amides is 1. The molecule has 98 valence electrons. The highest BCUT2D eigenvalue weighted by Gasteiger charge is 2.10. The van der Waals surface area contributed by atoms with Crippen LogP contribution in [0.2, 0.25) is 0 Å². The van der Waals surface area contributed by atoms with E-state index in [1.165, 1.54) is 0 Å². The SMILES string of the molecule is Cc1ccc(C(=O)NCc2ccc(N)cc2)c(O)c1. The van der Waals surface area contributed by atoms with E-state index in [-0.39, 0.29) is 17.2 Å². The minimum absolute atomic E-state index is 0.00481. The molecule has 2 aromatic rings. The lowest BCUT2D eigenvalue weighted by Gasteiger charge is -2.07. The molecule has 4 nitrogen and oxygen atoms in total. The van der Waals surface area contributed by atoms with E-state index in [9.17, 15) is 9.90 Å². The van der Waals surface area contributed by atoms with E-state index in [4.69, 9.17) is 5.73 Å². The lowest BCUT2D eigenvalue weighted by Crippen LogP contribution is -2.22. The summed E-state index contributed by atoms with van der Waals surface area (Å²) in [5, 5.41) is 12.5. The molecule has 4 N–H and O–H groups in total. The van der Waals surface area contributed by atoms with E-state index in [1.54, 1.807) is 30.3 Å². The first-order valence-corrected chi connectivity index (χ1v) is 5.98. The Labute approximate surface area is 111 Å². The lowest BCUT2D eigenvalue weighted by atomic mass is 10.1. The molecule has 0 saturated carbocycles. The van der Waals surface area contributed by atoms with Gasteiger partial charge in [-0.1, -0.05) is 18.2 Å². The van der Waals surface area contributed by atoms with Gasteiger partial charge in [0.1, 0.15) is 5.75 Å². The minimum atomic E-state index is -0.297. The number of hydrogen-bond acceptors (Lipinski definition) is 3. The number of aromatic hydroxyl groups is 1. The summed E-state index contributed by atoms with van der Waals surface area (Å²) in [7, 11) is 0. The van der Waals surface area contributed by atoms with Crippen LogP contribution in [0, 0.1) is 6.92 Å². The first-order valence-electron chi connectivity index (χ1n) is 5.98. The van der Waals surface area contributed by atoms with Crippen LogP contribution in [0.5, 0.6) is 5.75 Å². The summed E-state index contributed by atoms with van der Waals surface area (Å²) in [6.45, 7) is 2.25. The summed E-state index contributed by atoms with van der Waals surface area (Å²) < 4.78 is 0.